The average Bonchev–Trinajstić information content (AvgIpc) is 2.80. The summed E-state index contributed by atoms with van der Waals surface area (Å²) in [5.41, 5.74) is 0.771. The minimum Gasteiger partial charge on any atom is -0.497 e. The average molecular weight is 249 g/mol. The maximum absolute atomic E-state index is 12.1. The third-order valence-corrected chi connectivity index (χ3v) is 3.08. The molecule has 0 bridgehead atoms. The van der Waals surface area contributed by atoms with Crippen LogP contribution in [0.5, 0.6) is 5.75 Å². The second kappa shape index (κ2) is 5.08. The summed E-state index contributed by atoms with van der Waals surface area (Å²) >= 11 is 0. The first kappa shape index (κ1) is 12.4. The lowest BCUT2D eigenvalue weighted by Crippen LogP contribution is -2.30. The molecule has 1 amide bonds. The van der Waals surface area contributed by atoms with Crippen LogP contribution in [0.25, 0.3) is 0 Å². The van der Waals surface area contributed by atoms with Gasteiger partial charge in [0.1, 0.15) is 11.7 Å². The second-order valence-corrected chi connectivity index (χ2v) is 4.05. The van der Waals surface area contributed by atoms with E-state index in [2.05, 4.69) is 4.74 Å². The number of methoxy groups -OCH3 is 2. The molecule has 0 radical (unpaired) electrons. The van der Waals surface area contributed by atoms with Crippen molar-refractivity contribution in [2.45, 2.75) is 6.42 Å². The SMILES string of the molecule is COC(=O)C1CCN(c2ccc(OC)cc2)C1=O. The first-order chi connectivity index (χ1) is 8.67. The number of carbonyl (C=O) groups excluding carboxylic acids is 2. The zero-order valence-corrected chi connectivity index (χ0v) is 10.4. The number of hydrogen-bond donors (Lipinski definition) is 0. The predicted octanol–water partition coefficient (Wildman–Crippen LogP) is 1.22. The molecule has 18 heavy (non-hydrogen) atoms. The Morgan fingerprint density at radius 1 is 1.28 bits per heavy atom. The molecule has 1 aliphatic heterocycles. The number of carbonyl (C=O) groups is 2. The van der Waals surface area contributed by atoms with Crippen LogP contribution in [0.1, 0.15) is 6.42 Å². The van der Waals surface area contributed by atoms with E-state index in [1.165, 1.54) is 7.11 Å². The van der Waals surface area contributed by atoms with Gasteiger partial charge in [-0.2, -0.15) is 0 Å². The number of hydrogen-bond acceptors (Lipinski definition) is 4. The fraction of sp³-hybridized carbons (Fsp3) is 0.385. The number of esters is 1. The first-order valence-corrected chi connectivity index (χ1v) is 5.70. The van der Waals surface area contributed by atoms with Crippen molar-refractivity contribution in [1.29, 1.82) is 0 Å². The number of nitrogens with zero attached hydrogens (tertiary/aromatic N) is 1. The van der Waals surface area contributed by atoms with Crippen molar-refractivity contribution in [2.75, 3.05) is 25.7 Å². The van der Waals surface area contributed by atoms with Crippen LogP contribution in [0.3, 0.4) is 0 Å². The van der Waals surface area contributed by atoms with E-state index in [1.54, 1.807) is 36.3 Å². The number of rotatable bonds is 3. The zero-order valence-electron chi connectivity index (χ0n) is 10.4. The van der Waals surface area contributed by atoms with Gasteiger partial charge in [0.25, 0.3) is 0 Å². The summed E-state index contributed by atoms with van der Waals surface area (Å²) in [7, 11) is 2.88. The first-order valence-electron chi connectivity index (χ1n) is 5.70. The third kappa shape index (κ3) is 2.16. The van der Waals surface area contributed by atoms with Crippen LogP contribution in [-0.2, 0) is 14.3 Å². The van der Waals surface area contributed by atoms with Gasteiger partial charge in [0.05, 0.1) is 14.2 Å². The number of amides is 1. The van der Waals surface area contributed by atoms with Gasteiger partial charge < -0.3 is 14.4 Å². The minimum atomic E-state index is -0.669. The standard InChI is InChI=1S/C13H15NO4/c1-17-10-5-3-9(4-6-10)14-8-7-11(12(14)15)13(16)18-2/h3-6,11H,7-8H2,1-2H3. The van der Waals surface area contributed by atoms with Crippen LogP contribution in [0, 0.1) is 5.92 Å². The topological polar surface area (TPSA) is 55.8 Å². The molecule has 1 aromatic carbocycles. The molecule has 96 valence electrons. The highest BCUT2D eigenvalue weighted by Gasteiger charge is 2.38. The quantitative estimate of drug-likeness (QED) is 0.597. The molecule has 1 aromatic rings. The monoisotopic (exact) mass is 249 g/mol. The van der Waals surface area contributed by atoms with E-state index >= 15 is 0 Å². The molecule has 0 saturated carbocycles. The smallest absolute Gasteiger partial charge is 0.318 e. The van der Waals surface area contributed by atoms with Gasteiger partial charge in [-0.1, -0.05) is 0 Å². The number of benzene rings is 1. The summed E-state index contributed by atoms with van der Waals surface area (Å²) in [4.78, 5) is 25.1. The summed E-state index contributed by atoms with van der Waals surface area (Å²) in [6, 6.07) is 7.18. The number of ether oxygens (including phenoxy) is 2. The maximum atomic E-state index is 12.1. The Morgan fingerprint density at radius 3 is 2.50 bits per heavy atom. The molecule has 1 unspecified atom stereocenters. The van der Waals surface area contributed by atoms with Crippen molar-refractivity contribution in [3.05, 3.63) is 24.3 Å². The highest BCUT2D eigenvalue weighted by atomic mass is 16.5. The molecule has 0 aliphatic carbocycles. The van der Waals surface area contributed by atoms with Crippen LogP contribution < -0.4 is 9.64 Å². The summed E-state index contributed by atoms with van der Waals surface area (Å²) in [6.07, 6.45) is 0.498. The molecule has 5 nitrogen and oxygen atoms in total. The highest BCUT2D eigenvalue weighted by molar-refractivity contribution is 6.08. The Balaban J connectivity index is 2.15. The lowest BCUT2D eigenvalue weighted by molar-refractivity contribution is -0.148. The Hall–Kier alpha value is -2.04. The second-order valence-electron chi connectivity index (χ2n) is 4.05. The van der Waals surface area contributed by atoms with E-state index in [9.17, 15) is 9.59 Å². The Morgan fingerprint density at radius 2 is 1.94 bits per heavy atom. The van der Waals surface area contributed by atoms with Crippen LogP contribution in [0.2, 0.25) is 0 Å². The van der Waals surface area contributed by atoms with E-state index in [0.717, 1.165) is 11.4 Å². The van der Waals surface area contributed by atoms with Crippen molar-refractivity contribution < 1.29 is 19.1 Å². The van der Waals surface area contributed by atoms with Crippen LogP contribution >= 0.6 is 0 Å². The van der Waals surface area contributed by atoms with E-state index in [-0.39, 0.29) is 5.91 Å². The molecule has 5 heteroatoms. The molecule has 1 fully saturated rings. The molecule has 0 spiro atoms. The molecule has 1 heterocycles. The molecule has 1 atom stereocenters. The fourth-order valence-corrected chi connectivity index (χ4v) is 2.06. The van der Waals surface area contributed by atoms with Crippen molar-refractivity contribution in [3.8, 4) is 5.75 Å². The Bertz CT molecular complexity index is 455. The van der Waals surface area contributed by atoms with Crippen molar-refractivity contribution in [3.63, 3.8) is 0 Å². The van der Waals surface area contributed by atoms with Gasteiger partial charge in [-0.25, -0.2) is 0 Å². The highest BCUT2D eigenvalue weighted by Crippen LogP contribution is 2.27. The molecule has 1 aliphatic rings. The van der Waals surface area contributed by atoms with Gasteiger partial charge >= 0.3 is 5.97 Å². The van der Waals surface area contributed by atoms with Gasteiger partial charge in [0.15, 0.2) is 0 Å². The molecule has 1 saturated heterocycles. The molecule has 0 aromatic heterocycles. The Kier molecular flexibility index (Phi) is 3.50. The molecular formula is C13H15NO4. The maximum Gasteiger partial charge on any atom is 0.318 e. The molecule has 0 N–H and O–H groups in total. The summed E-state index contributed by atoms with van der Waals surface area (Å²) in [5, 5.41) is 0. The normalized spacial score (nSPS) is 18.9. The summed E-state index contributed by atoms with van der Waals surface area (Å²) < 4.78 is 9.68. The van der Waals surface area contributed by atoms with Gasteiger partial charge in [-0.05, 0) is 30.7 Å². The summed E-state index contributed by atoms with van der Waals surface area (Å²) in [6.45, 7) is 0.533. The lowest BCUT2D eigenvalue weighted by atomic mass is 10.1. The van der Waals surface area contributed by atoms with E-state index in [4.69, 9.17) is 4.74 Å². The predicted molar refractivity (Wildman–Crippen MR) is 65.5 cm³/mol. The van der Waals surface area contributed by atoms with Gasteiger partial charge in [-0.15, -0.1) is 0 Å². The van der Waals surface area contributed by atoms with Gasteiger partial charge in [0, 0.05) is 12.2 Å². The summed E-state index contributed by atoms with van der Waals surface area (Å²) in [5.74, 6) is -0.602. The lowest BCUT2D eigenvalue weighted by Gasteiger charge is -2.16. The van der Waals surface area contributed by atoms with Crippen LogP contribution in [-0.4, -0.2) is 32.6 Å². The van der Waals surface area contributed by atoms with Gasteiger partial charge in [0.2, 0.25) is 5.91 Å². The molecule has 2 rings (SSSR count). The van der Waals surface area contributed by atoms with Gasteiger partial charge in [-0.3, -0.25) is 9.59 Å². The van der Waals surface area contributed by atoms with Crippen LogP contribution in [0.15, 0.2) is 24.3 Å². The van der Waals surface area contributed by atoms with Crippen molar-refractivity contribution in [2.24, 2.45) is 5.92 Å². The fourth-order valence-electron chi connectivity index (χ4n) is 2.06. The van der Waals surface area contributed by atoms with Crippen molar-refractivity contribution >= 4 is 17.6 Å². The van der Waals surface area contributed by atoms with Crippen LogP contribution in [0.4, 0.5) is 5.69 Å². The number of anilines is 1. The van der Waals surface area contributed by atoms with E-state index in [1.807, 2.05) is 0 Å². The largest absolute Gasteiger partial charge is 0.497 e. The van der Waals surface area contributed by atoms with Crippen molar-refractivity contribution in [1.82, 2.24) is 0 Å². The molecular weight excluding hydrogens is 234 g/mol. The third-order valence-electron chi connectivity index (χ3n) is 3.08. The van der Waals surface area contributed by atoms with E-state index < -0.39 is 11.9 Å². The zero-order chi connectivity index (χ0) is 13.1. The minimum absolute atomic E-state index is 0.202. The Labute approximate surface area is 105 Å². The van der Waals surface area contributed by atoms with E-state index in [0.29, 0.717) is 13.0 Å².